The lowest BCUT2D eigenvalue weighted by Gasteiger charge is -2.28. The molecule has 6 nitrogen and oxygen atoms in total. The van der Waals surface area contributed by atoms with E-state index < -0.39 is 20.0 Å². The molecule has 1 aliphatic carbocycles. The molecule has 0 atom stereocenters. The van der Waals surface area contributed by atoms with Crippen LogP contribution in [-0.2, 0) is 20.0 Å². The average Bonchev–Trinajstić information content (AvgIpc) is 2.49. The fourth-order valence-electron chi connectivity index (χ4n) is 2.51. The minimum Gasteiger partial charge on any atom is -0.214 e. The standard InChI is InChI=1S/C11H24N2O4S2/c1-18(14,15)12-9-10-13(19(2,16)17)11-7-5-3-4-6-8-11/h11-12H,3-10H2,1-2H3. The Morgan fingerprint density at radius 3 is 1.95 bits per heavy atom. The minimum atomic E-state index is -3.30. The molecule has 1 aliphatic rings. The van der Waals surface area contributed by atoms with Crippen LogP contribution < -0.4 is 4.72 Å². The molecule has 0 unspecified atom stereocenters. The molecular weight excluding hydrogens is 288 g/mol. The third kappa shape index (κ3) is 6.69. The number of nitrogens with one attached hydrogen (secondary N) is 1. The largest absolute Gasteiger partial charge is 0.214 e. The van der Waals surface area contributed by atoms with E-state index in [4.69, 9.17) is 0 Å². The second-order valence-electron chi connectivity index (χ2n) is 5.19. The maximum Gasteiger partial charge on any atom is 0.211 e. The first-order valence-electron chi connectivity index (χ1n) is 6.61. The van der Waals surface area contributed by atoms with Crippen molar-refractivity contribution in [1.29, 1.82) is 0 Å². The first kappa shape index (κ1) is 16.9. The van der Waals surface area contributed by atoms with Crippen LogP contribution in [-0.4, -0.2) is 52.8 Å². The first-order chi connectivity index (χ1) is 8.70. The lowest BCUT2D eigenvalue weighted by atomic mass is 10.1. The van der Waals surface area contributed by atoms with Gasteiger partial charge in [-0.15, -0.1) is 0 Å². The summed E-state index contributed by atoms with van der Waals surface area (Å²) in [5.74, 6) is 0. The van der Waals surface area contributed by atoms with Crippen LogP contribution in [0.2, 0.25) is 0 Å². The number of nitrogens with zero attached hydrogens (tertiary/aromatic N) is 1. The monoisotopic (exact) mass is 312 g/mol. The maximum absolute atomic E-state index is 11.8. The van der Waals surface area contributed by atoms with Gasteiger partial charge in [0, 0.05) is 19.1 Å². The number of hydrogen-bond acceptors (Lipinski definition) is 4. The topological polar surface area (TPSA) is 83.6 Å². The first-order valence-corrected chi connectivity index (χ1v) is 10.4. The van der Waals surface area contributed by atoms with E-state index in [2.05, 4.69) is 4.72 Å². The molecule has 8 heteroatoms. The molecule has 0 radical (unpaired) electrons. The van der Waals surface area contributed by atoms with Gasteiger partial charge in [0.05, 0.1) is 12.5 Å². The summed E-state index contributed by atoms with van der Waals surface area (Å²) in [6.45, 7) is 0.332. The van der Waals surface area contributed by atoms with Crippen LogP contribution in [0.4, 0.5) is 0 Å². The minimum absolute atomic E-state index is 0.0128. The fraction of sp³-hybridized carbons (Fsp3) is 1.00. The van der Waals surface area contributed by atoms with Gasteiger partial charge in [0.25, 0.3) is 0 Å². The van der Waals surface area contributed by atoms with Crippen molar-refractivity contribution in [2.24, 2.45) is 0 Å². The second kappa shape index (κ2) is 7.01. The third-order valence-electron chi connectivity index (χ3n) is 3.35. The van der Waals surface area contributed by atoms with E-state index in [-0.39, 0.29) is 19.1 Å². The lowest BCUT2D eigenvalue weighted by Crippen LogP contribution is -2.43. The maximum atomic E-state index is 11.8. The Labute approximate surface area is 116 Å². The summed E-state index contributed by atoms with van der Waals surface area (Å²) in [6, 6.07) is 0.0128. The van der Waals surface area contributed by atoms with E-state index in [0.717, 1.165) is 44.8 Å². The van der Waals surface area contributed by atoms with Gasteiger partial charge in [-0.05, 0) is 12.8 Å². The highest BCUT2D eigenvalue weighted by Crippen LogP contribution is 2.23. The summed E-state index contributed by atoms with van der Waals surface area (Å²) >= 11 is 0. The Kier molecular flexibility index (Phi) is 6.22. The molecule has 1 fully saturated rings. The molecule has 1 saturated carbocycles. The predicted octanol–water partition coefficient (Wildman–Crippen LogP) is 0.520. The van der Waals surface area contributed by atoms with Gasteiger partial charge >= 0.3 is 0 Å². The molecule has 19 heavy (non-hydrogen) atoms. The molecule has 1 rings (SSSR count). The molecule has 0 amide bonds. The van der Waals surface area contributed by atoms with Gasteiger partial charge in [-0.3, -0.25) is 0 Å². The second-order valence-corrected chi connectivity index (χ2v) is 8.95. The van der Waals surface area contributed by atoms with E-state index >= 15 is 0 Å². The van der Waals surface area contributed by atoms with Gasteiger partial charge in [0.1, 0.15) is 0 Å². The van der Waals surface area contributed by atoms with Crippen molar-refractivity contribution in [2.45, 2.75) is 44.6 Å². The molecule has 0 heterocycles. The summed E-state index contributed by atoms with van der Waals surface area (Å²) in [5, 5.41) is 0. The molecule has 0 bridgehead atoms. The smallest absolute Gasteiger partial charge is 0.211 e. The van der Waals surface area contributed by atoms with Gasteiger partial charge in [0.15, 0.2) is 0 Å². The van der Waals surface area contributed by atoms with Crippen molar-refractivity contribution in [3.05, 3.63) is 0 Å². The van der Waals surface area contributed by atoms with Crippen LogP contribution in [0.25, 0.3) is 0 Å². The molecule has 0 spiro atoms. The highest BCUT2D eigenvalue weighted by Gasteiger charge is 2.26. The molecule has 0 saturated heterocycles. The summed E-state index contributed by atoms with van der Waals surface area (Å²) in [7, 11) is -6.57. The van der Waals surface area contributed by atoms with Crippen LogP contribution >= 0.6 is 0 Å². The summed E-state index contributed by atoms with van der Waals surface area (Å²) in [6.07, 6.45) is 8.37. The molecule has 0 aromatic heterocycles. The summed E-state index contributed by atoms with van der Waals surface area (Å²) in [5.41, 5.74) is 0. The zero-order chi connectivity index (χ0) is 14.5. The molecule has 0 aromatic rings. The molecule has 0 aromatic carbocycles. The van der Waals surface area contributed by atoms with Crippen molar-refractivity contribution in [2.75, 3.05) is 25.6 Å². The number of sulfonamides is 2. The van der Waals surface area contributed by atoms with E-state index in [1.54, 1.807) is 0 Å². The van der Waals surface area contributed by atoms with Crippen LogP contribution in [0.3, 0.4) is 0 Å². The van der Waals surface area contributed by atoms with Crippen LogP contribution in [0, 0.1) is 0 Å². The lowest BCUT2D eigenvalue weighted by molar-refractivity contribution is 0.297. The number of rotatable bonds is 6. The number of hydrogen-bond donors (Lipinski definition) is 1. The van der Waals surface area contributed by atoms with Crippen molar-refractivity contribution in [3.63, 3.8) is 0 Å². The SMILES string of the molecule is CS(=O)(=O)NCCN(C1CCCCCC1)S(C)(=O)=O. The van der Waals surface area contributed by atoms with Crippen molar-refractivity contribution >= 4 is 20.0 Å². The predicted molar refractivity (Wildman–Crippen MR) is 75.9 cm³/mol. The van der Waals surface area contributed by atoms with Gasteiger partial charge in [-0.2, -0.15) is 4.31 Å². The van der Waals surface area contributed by atoms with Gasteiger partial charge in [-0.1, -0.05) is 25.7 Å². The highest BCUT2D eigenvalue weighted by atomic mass is 32.2. The van der Waals surface area contributed by atoms with Gasteiger partial charge in [0.2, 0.25) is 20.0 Å². The Bertz CT molecular complexity index is 465. The van der Waals surface area contributed by atoms with Crippen LogP contribution in [0.15, 0.2) is 0 Å². The summed E-state index contributed by atoms with van der Waals surface area (Å²) < 4.78 is 49.5. The van der Waals surface area contributed by atoms with Gasteiger partial charge < -0.3 is 0 Å². The molecule has 1 N–H and O–H groups in total. The third-order valence-corrected chi connectivity index (χ3v) is 5.42. The van der Waals surface area contributed by atoms with E-state index in [1.165, 1.54) is 10.6 Å². The highest BCUT2D eigenvalue weighted by molar-refractivity contribution is 7.88. The van der Waals surface area contributed by atoms with Gasteiger partial charge in [-0.25, -0.2) is 21.6 Å². The van der Waals surface area contributed by atoms with Crippen molar-refractivity contribution in [3.8, 4) is 0 Å². The normalized spacial score (nSPS) is 19.5. The Hall–Kier alpha value is -0.180. The quantitative estimate of drug-likeness (QED) is 0.725. The zero-order valence-electron chi connectivity index (χ0n) is 11.6. The molecular formula is C11H24N2O4S2. The zero-order valence-corrected chi connectivity index (χ0v) is 13.3. The molecule has 114 valence electrons. The van der Waals surface area contributed by atoms with Crippen LogP contribution in [0.5, 0.6) is 0 Å². The molecule has 0 aliphatic heterocycles. The van der Waals surface area contributed by atoms with E-state index in [9.17, 15) is 16.8 Å². The Morgan fingerprint density at radius 2 is 1.53 bits per heavy atom. The summed E-state index contributed by atoms with van der Waals surface area (Å²) in [4.78, 5) is 0. The van der Waals surface area contributed by atoms with Crippen molar-refractivity contribution in [1.82, 2.24) is 9.03 Å². The Balaban J connectivity index is 2.66. The van der Waals surface area contributed by atoms with Crippen molar-refractivity contribution < 1.29 is 16.8 Å². The average molecular weight is 312 g/mol. The fourth-order valence-corrected chi connectivity index (χ4v) is 4.14. The van der Waals surface area contributed by atoms with E-state index in [1.807, 2.05) is 0 Å². The van der Waals surface area contributed by atoms with Crippen LogP contribution in [0.1, 0.15) is 38.5 Å². The van der Waals surface area contributed by atoms with E-state index in [0.29, 0.717) is 0 Å². The Morgan fingerprint density at radius 1 is 1.00 bits per heavy atom.